The first kappa shape index (κ1) is 21.7. The van der Waals surface area contributed by atoms with E-state index in [1.165, 1.54) is 5.56 Å². The van der Waals surface area contributed by atoms with Crippen LogP contribution in [-0.4, -0.2) is 49.6 Å². The SMILES string of the molecule is CCNC(=O)Nc1ccc(N2CCN(C(=O)c3ccc(C(C)(C)C)cc3)CC2)cc1. The summed E-state index contributed by atoms with van der Waals surface area (Å²) in [5.41, 5.74) is 3.92. The van der Waals surface area contributed by atoms with Crippen LogP contribution in [0, 0.1) is 0 Å². The molecule has 0 saturated carbocycles. The van der Waals surface area contributed by atoms with Crippen LogP contribution < -0.4 is 15.5 Å². The molecule has 1 heterocycles. The zero-order valence-electron chi connectivity index (χ0n) is 18.4. The molecule has 1 fully saturated rings. The highest BCUT2D eigenvalue weighted by molar-refractivity contribution is 5.94. The van der Waals surface area contributed by atoms with Crippen molar-refractivity contribution in [2.45, 2.75) is 33.1 Å². The predicted molar refractivity (Wildman–Crippen MR) is 122 cm³/mol. The normalized spacial score (nSPS) is 14.4. The Kier molecular flexibility index (Phi) is 6.65. The van der Waals surface area contributed by atoms with Crippen LogP contribution >= 0.6 is 0 Å². The number of nitrogens with zero attached hydrogens (tertiary/aromatic N) is 2. The van der Waals surface area contributed by atoms with Gasteiger partial charge in [-0.1, -0.05) is 32.9 Å². The maximum absolute atomic E-state index is 12.9. The molecule has 160 valence electrons. The van der Waals surface area contributed by atoms with E-state index < -0.39 is 0 Å². The van der Waals surface area contributed by atoms with Crippen LogP contribution in [0.3, 0.4) is 0 Å². The molecular formula is C24H32N4O2. The van der Waals surface area contributed by atoms with E-state index >= 15 is 0 Å². The zero-order valence-corrected chi connectivity index (χ0v) is 18.4. The fraction of sp³-hybridized carbons (Fsp3) is 0.417. The smallest absolute Gasteiger partial charge is 0.319 e. The average molecular weight is 409 g/mol. The summed E-state index contributed by atoms with van der Waals surface area (Å²) in [6, 6.07) is 15.6. The van der Waals surface area contributed by atoms with Crippen molar-refractivity contribution in [3.8, 4) is 0 Å². The van der Waals surface area contributed by atoms with Crippen LogP contribution in [0.1, 0.15) is 43.6 Å². The second-order valence-corrected chi connectivity index (χ2v) is 8.64. The third kappa shape index (κ3) is 5.32. The van der Waals surface area contributed by atoms with E-state index in [1.807, 2.05) is 48.2 Å². The molecule has 0 aromatic heterocycles. The summed E-state index contributed by atoms with van der Waals surface area (Å²) in [4.78, 5) is 28.7. The first-order valence-corrected chi connectivity index (χ1v) is 10.6. The van der Waals surface area contributed by atoms with Crippen molar-refractivity contribution < 1.29 is 9.59 Å². The third-order valence-electron chi connectivity index (χ3n) is 5.39. The number of anilines is 2. The molecule has 1 saturated heterocycles. The van der Waals surface area contributed by atoms with Crippen LogP contribution in [0.4, 0.5) is 16.2 Å². The molecule has 6 nitrogen and oxygen atoms in total. The lowest BCUT2D eigenvalue weighted by atomic mass is 9.86. The summed E-state index contributed by atoms with van der Waals surface area (Å²) in [6.07, 6.45) is 0. The molecule has 1 aliphatic rings. The molecule has 0 spiro atoms. The minimum absolute atomic E-state index is 0.0814. The fourth-order valence-electron chi connectivity index (χ4n) is 3.55. The molecule has 0 unspecified atom stereocenters. The van der Waals surface area contributed by atoms with Gasteiger partial charge in [0.2, 0.25) is 0 Å². The number of carbonyl (C=O) groups excluding carboxylic acids is 2. The van der Waals surface area contributed by atoms with Crippen molar-refractivity contribution in [2.75, 3.05) is 42.9 Å². The van der Waals surface area contributed by atoms with Gasteiger partial charge in [-0.3, -0.25) is 4.79 Å². The van der Waals surface area contributed by atoms with Crippen LogP contribution in [0.2, 0.25) is 0 Å². The molecule has 1 aliphatic heterocycles. The molecular weight excluding hydrogens is 376 g/mol. The number of rotatable bonds is 4. The minimum Gasteiger partial charge on any atom is -0.368 e. The van der Waals surface area contributed by atoms with Crippen LogP contribution in [0.15, 0.2) is 48.5 Å². The van der Waals surface area contributed by atoms with Gasteiger partial charge in [-0.2, -0.15) is 0 Å². The molecule has 0 aliphatic carbocycles. The first-order valence-electron chi connectivity index (χ1n) is 10.6. The van der Waals surface area contributed by atoms with Gasteiger partial charge < -0.3 is 20.4 Å². The molecule has 0 atom stereocenters. The first-order chi connectivity index (χ1) is 14.3. The summed E-state index contributed by atoms with van der Waals surface area (Å²) in [5, 5.41) is 5.52. The van der Waals surface area contributed by atoms with E-state index in [2.05, 4.69) is 48.4 Å². The molecule has 2 N–H and O–H groups in total. The topological polar surface area (TPSA) is 64.7 Å². The number of hydrogen-bond acceptors (Lipinski definition) is 3. The molecule has 3 rings (SSSR count). The van der Waals surface area contributed by atoms with Crippen molar-refractivity contribution in [2.24, 2.45) is 0 Å². The van der Waals surface area contributed by atoms with Crippen molar-refractivity contribution in [3.63, 3.8) is 0 Å². The molecule has 2 aromatic rings. The van der Waals surface area contributed by atoms with Crippen molar-refractivity contribution in [3.05, 3.63) is 59.7 Å². The van der Waals surface area contributed by atoms with Crippen LogP contribution in [0.25, 0.3) is 0 Å². The highest BCUT2D eigenvalue weighted by atomic mass is 16.2. The van der Waals surface area contributed by atoms with Gasteiger partial charge in [0.25, 0.3) is 5.91 Å². The largest absolute Gasteiger partial charge is 0.368 e. The van der Waals surface area contributed by atoms with Gasteiger partial charge >= 0.3 is 6.03 Å². The van der Waals surface area contributed by atoms with Crippen LogP contribution in [-0.2, 0) is 5.41 Å². The van der Waals surface area contributed by atoms with E-state index in [-0.39, 0.29) is 17.4 Å². The quantitative estimate of drug-likeness (QED) is 0.801. The van der Waals surface area contributed by atoms with Crippen LogP contribution in [0.5, 0.6) is 0 Å². The minimum atomic E-state index is -0.201. The molecule has 0 radical (unpaired) electrons. The molecule has 3 amide bonds. The summed E-state index contributed by atoms with van der Waals surface area (Å²) in [5.74, 6) is 0.0941. The Morgan fingerprint density at radius 2 is 1.50 bits per heavy atom. The van der Waals surface area contributed by atoms with E-state index in [0.29, 0.717) is 19.6 Å². The third-order valence-corrected chi connectivity index (χ3v) is 5.39. The van der Waals surface area contributed by atoms with E-state index in [1.54, 1.807) is 0 Å². The zero-order chi connectivity index (χ0) is 21.7. The van der Waals surface area contributed by atoms with Gasteiger partial charge in [-0.05, 0) is 54.3 Å². The van der Waals surface area contributed by atoms with Gasteiger partial charge in [0, 0.05) is 49.7 Å². The van der Waals surface area contributed by atoms with Gasteiger partial charge in [0.1, 0.15) is 0 Å². The number of piperazine rings is 1. The average Bonchev–Trinajstić information content (AvgIpc) is 2.73. The summed E-state index contributed by atoms with van der Waals surface area (Å²) >= 11 is 0. The number of benzene rings is 2. The maximum atomic E-state index is 12.9. The Balaban J connectivity index is 1.55. The Hall–Kier alpha value is -3.02. The molecule has 30 heavy (non-hydrogen) atoms. The summed E-state index contributed by atoms with van der Waals surface area (Å²) in [7, 11) is 0. The van der Waals surface area contributed by atoms with Gasteiger partial charge in [0.15, 0.2) is 0 Å². The fourth-order valence-corrected chi connectivity index (χ4v) is 3.55. The Bertz CT molecular complexity index is 862. The summed E-state index contributed by atoms with van der Waals surface area (Å²) in [6.45, 7) is 12.0. The predicted octanol–water partition coefficient (Wildman–Crippen LogP) is 4.09. The Morgan fingerprint density at radius 3 is 2.03 bits per heavy atom. The van der Waals surface area contributed by atoms with Crippen molar-refractivity contribution >= 4 is 23.3 Å². The number of urea groups is 1. The molecule has 6 heteroatoms. The van der Waals surface area contributed by atoms with E-state index in [9.17, 15) is 9.59 Å². The monoisotopic (exact) mass is 408 g/mol. The number of hydrogen-bond donors (Lipinski definition) is 2. The lowest BCUT2D eigenvalue weighted by Crippen LogP contribution is -2.48. The second-order valence-electron chi connectivity index (χ2n) is 8.64. The summed E-state index contributed by atoms with van der Waals surface area (Å²) < 4.78 is 0. The molecule has 2 aromatic carbocycles. The number of amides is 3. The standard InChI is InChI=1S/C24H32N4O2/c1-5-25-23(30)26-20-10-12-21(13-11-20)27-14-16-28(17-15-27)22(29)18-6-8-19(9-7-18)24(2,3)4/h6-13H,5,14-17H2,1-4H3,(H2,25,26,30). The number of nitrogens with one attached hydrogen (secondary N) is 2. The van der Waals surface area contributed by atoms with E-state index in [4.69, 9.17) is 0 Å². The Labute approximate surface area is 179 Å². The second kappa shape index (κ2) is 9.20. The lowest BCUT2D eigenvalue weighted by molar-refractivity contribution is 0.0746. The lowest BCUT2D eigenvalue weighted by Gasteiger charge is -2.36. The van der Waals surface area contributed by atoms with Gasteiger partial charge in [-0.15, -0.1) is 0 Å². The Morgan fingerprint density at radius 1 is 0.900 bits per heavy atom. The van der Waals surface area contributed by atoms with Crippen molar-refractivity contribution in [1.82, 2.24) is 10.2 Å². The van der Waals surface area contributed by atoms with E-state index in [0.717, 1.165) is 30.0 Å². The highest BCUT2D eigenvalue weighted by Crippen LogP contribution is 2.23. The highest BCUT2D eigenvalue weighted by Gasteiger charge is 2.23. The van der Waals surface area contributed by atoms with Gasteiger partial charge in [0.05, 0.1) is 0 Å². The maximum Gasteiger partial charge on any atom is 0.319 e. The number of carbonyl (C=O) groups is 2. The molecule has 0 bridgehead atoms. The van der Waals surface area contributed by atoms with Crippen molar-refractivity contribution in [1.29, 1.82) is 0 Å². The van der Waals surface area contributed by atoms with Gasteiger partial charge in [-0.25, -0.2) is 4.79 Å².